The number of benzene rings is 1. The molecule has 0 heterocycles. The lowest BCUT2D eigenvalue weighted by molar-refractivity contribution is -0.118. The molecule has 1 aromatic rings. The minimum absolute atomic E-state index is 0.0654. The van der Waals surface area contributed by atoms with Gasteiger partial charge in [-0.25, -0.2) is 0 Å². The number of carbonyl (C=O) groups excluding carboxylic acids is 1. The fourth-order valence-electron chi connectivity index (χ4n) is 1.09. The molecule has 17 heavy (non-hydrogen) atoms. The van der Waals surface area contributed by atoms with Crippen molar-refractivity contribution in [1.82, 2.24) is 5.32 Å². The van der Waals surface area contributed by atoms with Gasteiger partial charge in [0.25, 0.3) is 0 Å². The van der Waals surface area contributed by atoms with Gasteiger partial charge >= 0.3 is 0 Å². The Hall–Kier alpha value is -0.880. The van der Waals surface area contributed by atoms with Crippen molar-refractivity contribution in [2.24, 2.45) is 0 Å². The van der Waals surface area contributed by atoms with Crippen LogP contribution in [0.25, 0.3) is 0 Å². The predicted octanol–water partition coefficient (Wildman–Crippen LogP) is 3.52. The van der Waals surface area contributed by atoms with Crippen LogP contribution in [0, 0.1) is 11.8 Å². The van der Waals surface area contributed by atoms with E-state index in [1.54, 1.807) is 12.1 Å². The number of carbonyl (C=O) groups is 1. The van der Waals surface area contributed by atoms with E-state index in [0.717, 1.165) is 0 Å². The first-order chi connectivity index (χ1) is 8.00. The molecule has 1 amide bonds. The van der Waals surface area contributed by atoms with Crippen molar-refractivity contribution in [3.63, 3.8) is 0 Å². The molecule has 0 fully saturated rings. The highest BCUT2D eigenvalue weighted by Crippen LogP contribution is 2.30. The Morgan fingerprint density at radius 2 is 1.88 bits per heavy atom. The van der Waals surface area contributed by atoms with Crippen molar-refractivity contribution < 1.29 is 4.79 Å². The van der Waals surface area contributed by atoms with Crippen LogP contribution in [-0.2, 0) is 4.79 Å². The maximum Gasteiger partial charge on any atom is 0.216 e. The topological polar surface area (TPSA) is 29.1 Å². The van der Waals surface area contributed by atoms with Crippen molar-refractivity contribution >= 4 is 40.7 Å². The summed E-state index contributed by atoms with van der Waals surface area (Å²) in [5.74, 6) is 5.74. The molecule has 0 atom stereocenters. The van der Waals surface area contributed by atoms with Gasteiger partial charge in [-0.3, -0.25) is 4.79 Å². The van der Waals surface area contributed by atoms with Crippen molar-refractivity contribution in [3.05, 3.63) is 32.8 Å². The molecule has 0 aliphatic heterocycles. The van der Waals surface area contributed by atoms with Gasteiger partial charge in [-0.2, -0.15) is 0 Å². The zero-order chi connectivity index (χ0) is 12.8. The summed E-state index contributed by atoms with van der Waals surface area (Å²) in [6, 6.07) is 3.31. The molecule has 90 valence electrons. The molecule has 0 saturated heterocycles. The molecule has 1 rings (SSSR count). The number of rotatable bonds is 2. The van der Waals surface area contributed by atoms with E-state index in [-0.39, 0.29) is 5.91 Å². The molecular weight excluding hydrogens is 280 g/mol. The lowest BCUT2D eigenvalue weighted by atomic mass is 10.2. The molecule has 2 nitrogen and oxygen atoms in total. The first kappa shape index (κ1) is 14.2. The maximum atomic E-state index is 10.6. The lowest BCUT2D eigenvalue weighted by Crippen LogP contribution is -2.20. The molecule has 0 spiro atoms. The largest absolute Gasteiger partial charge is 0.355 e. The quantitative estimate of drug-likeness (QED) is 0.504. The van der Waals surface area contributed by atoms with Gasteiger partial charge in [0, 0.05) is 25.5 Å². The minimum atomic E-state index is -0.0654. The second kappa shape index (κ2) is 6.76. The normalized spacial score (nSPS) is 9.41. The smallest absolute Gasteiger partial charge is 0.216 e. The van der Waals surface area contributed by atoms with Gasteiger partial charge in [0.1, 0.15) is 0 Å². The third kappa shape index (κ3) is 4.87. The lowest BCUT2D eigenvalue weighted by Gasteiger charge is -1.99. The number of amides is 1. The average molecular weight is 291 g/mol. The average Bonchev–Trinajstić information content (AvgIpc) is 2.25. The van der Waals surface area contributed by atoms with Gasteiger partial charge in [0.15, 0.2) is 0 Å². The Bertz CT molecular complexity index is 465. The monoisotopic (exact) mass is 289 g/mol. The zero-order valence-electron chi connectivity index (χ0n) is 9.11. The van der Waals surface area contributed by atoms with Crippen LogP contribution in [0.3, 0.4) is 0 Å². The minimum Gasteiger partial charge on any atom is -0.355 e. The molecule has 1 aromatic carbocycles. The first-order valence-corrected chi connectivity index (χ1v) is 6.02. The summed E-state index contributed by atoms with van der Waals surface area (Å²) in [6.45, 7) is 1.99. The summed E-state index contributed by atoms with van der Waals surface area (Å²) in [5, 5.41) is 3.74. The molecule has 0 saturated carbocycles. The summed E-state index contributed by atoms with van der Waals surface area (Å²) in [5.41, 5.74) is 0.701. The van der Waals surface area contributed by atoms with E-state index in [1.165, 1.54) is 6.92 Å². The molecule has 0 unspecified atom stereocenters. The van der Waals surface area contributed by atoms with Crippen LogP contribution in [0.1, 0.15) is 18.9 Å². The molecule has 0 aliphatic carbocycles. The zero-order valence-corrected chi connectivity index (χ0v) is 11.4. The standard InChI is InChI=1S/C12H10Cl3NO/c1-8(17)16-5-3-2-4-9-6-10(13)12(15)11(14)7-9/h6-7H,3,5H2,1H3,(H,16,17). The number of nitrogens with one attached hydrogen (secondary N) is 1. The Morgan fingerprint density at radius 3 is 2.41 bits per heavy atom. The van der Waals surface area contributed by atoms with Gasteiger partial charge in [-0.1, -0.05) is 46.6 Å². The highest BCUT2D eigenvalue weighted by Gasteiger charge is 2.03. The van der Waals surface area contributed by atoms with Crippen LogP contribution < -0.4 is 5.32 Å². The van der Waals surface area contributed by atoms with E-state index in [4.69, 9.17) is 34.8 Å². The second-order valence-electron chi connectivity index (χ2n) is 3.29. The summed E-state index contributed by atoms with van der Waals surface area (Å²) in [6.07, 6.45) is 0.567. The van der Waals surface area contributed by atoms with E-state index in [2.05, 4.69) is 17.2 Å². The van der Waals surface area contributed by atoms with Gasteiger partial charge in [-0.15, -0.1) is 0 Å². The van der Waals surface area contributed by atoms with E-state index in [9.17, 15) is 4.79 Å². The Morgan fingerprint density at radius 1 is 1.29 bits per heavy atom. The van der Waals surface area contributed by atoms with Gasteiger partial charge < -0.3 is 5.32 Å². The van der Waals surface area contributed by atoms with Gasteiger partial charge in [0.2, 0.25) is 5.91 Å². The van der Waals surface area contributed by atoms with Gasteiger partial charge in [0.05, 0.1) is 15.1 Å². The van der Waals surface area contributed by atoms with Crippen molar-refractivity contribution in [3.8, 4) is 11.8 Å². The Kier molecular flexibility index (Phi) is 5.64. The summed E-state index contributed by atoms with van der Waals surface area (Å²) < 4.78 is 0. The molecule has 0 radical (unpaired) electrons. The summed E-state index contributed by atoms with van der Waals surface area (Å²) >= 11 is 17.5. The number of hydrogen-bond acceptors (Lipinski definition) is 1. The molecule has 0 aliphatic rings. The van der Waals surface area contributed by atoms with E-state index in [1.807, 2.05) is 0 Å². The number of halogens is 3. The maximum absolute atomic E-state index is 10.6. The van der Waals surface area contributed by atoms with Gasteiger partial charge in [-0.05, 0) is 12.1 Å². The molecular formula is C12H10Cl3NO. The highest BCUT2D eigenvalue weighted by atomic mass is 35.5. The van der Waals surface area contributed by atoms with Crippen LogP contribution in [-0.4, -0.2) is 12.5 Å². The van der Waals surface area contributed by atoms with E-state index in [0.29, 0.717) is 33.6 Å². The van der Waals surface area contributed by atoms with Crippen LogP contribution in [0.2, 0.25) is 15.1 Å². The van der Waals surface area contributed by atoms with Crippen molar-refractivity contribution in [2.45, 2.75) is 13.3 Å². The van der Waals surface area contributed by atoms with Crippen LogP contribution in [0.4, 0.5) is 0 Å². The molecule has 5 heteroatoms. The second-order valence-corrected chi connectivity index (χ2v) is 4.48. The third-order valence-electron chi connectivity index (χ3n) is 1.84. The SMILES string of the molecule is CC(=O)NCCC#Cc1cc(Cl)c(Cl)c(Cl)c1. The summed E-state index contributed by atoms with van der Waals surface area (Å²) in [7, 11) is 0. The van der Waals surface area contributed by atoms with Crippen LogP contribution >= 0.6 is 34.8 Å². The Balaban J connectivity index is 2.63. The van der Waals surface area contributed by atoms with E-state index >= 15 is 0 Å². The van der Waals surface area contributed by atoms with Crippen LogP contribution in [0.5, 0.6) is 0 Å². The molecule has 0 bridgehead atoms. The van der Waals surface area contributed by atoms with Crippen LogP contribution in [0.15, 0.2) is 12.1 Å². The predicted molar refractivity (Wildman–Crippen MR) is 71.7 cm³/mol. The fraction of sp³-hybridized carbons (Fsp3) is 0.250. The highest BCUT2D eigenvalue weighted by molar-refractivity contribution is 6.48. The third-order valence-corrected chi connectivity index (χ3v) is 3.04. The summed E-state index contributed by atoms with van der Waals surface area (Å²) in [4.78, 5) is 10.6. The molecule has 0 aromatic heterocycles. The van der Waals surface area contributed by atoms with Crippen molar-refractivity contribution in [1.29, 1.82) is 0 Å². The molecule has 1 N–H and O–H groups in total. The van der Waals surface area contributed by atoms with Crippen molar-refractivity contribution in [2.75, 3.05) is 6.54 Å². The Labute approximate surface area is 115 Å². The fourth-order valence-corrected chi connectivity index (χ4v) is 1.69. The first-order valence-electron chi connectivity index (χ1n) is 4.88. The number of hydrogen-bond donors (Lipinski definition) is 1. The van der Waals surface area contributed by atoms with E-state index < -0.39 is 0 Å².